The molecule has 0 aromatic carbocycles. The van der Waals surface area contributed by atoms with Crippen LogP contribution in [0.1, 0.15) is 20.8 Å². The highest BCUT2D eigenvalue weighted by Gasteiger charge is 2.38. The molecule has 1 aromatic rings. The standard InChI is InChI=1S/C13H24N4O2S/c1-13(2,3)11-10-17(9-8-15(11)4)20(18,19)12-6-7-14-16(12)5/h6-7,11H,8-10H2,1-5H3. The maximum absolute atomic E-state index is 12.7. The maximum atomic E-state index is 12.7. The van der Waals surface area contributed by atoms with E-state index < -0.39 is 10.0 Å². The molecule has 0 radical (unpaired) electrons. The molecule has 0 aliphatic carbocycles. The van der Waals surface area contributed by atoms with Crippen molar-refractivity contribution in [3.63, 3.8) is 0 Å². The molecule has 1 aliphatic heterocycles. The van der Waals surface area contributed by atoms with Gasteiger partial charge in [-0.2, -0.15) is 9.40 Å². The molecule has 0 amide bonds. The fourth-order valence-electron chi connectivity index (χ4n) is 2.75. The van der Waals surface area contributed by atoms with Crippen molar-refractivity contribution in [3.05, 3.63) is 12.3 Å². The summed E-state index contributed by atoms with van der Waals surface area (Å²) >= 11 is 0. The number of nitrogens with zero attached hydrogens (tertiary/aromatic N) is 4. The van der Waals surface area contributed by atoms with Gasteiger partial charge in [0.25, 0.3) is 10.0 Å². The molecule has 0 bridgehead atoms. The average Bonchev–Trinajstić information content (AvgIpc) is 2.75. The molecule has 1 atom stereocenters. The quantitative estimate of drug-likeness (QED) is 0.809. The van der Waals surface area contributed by atoms with Gasteiger partial charge in [0.15, 0.2) is 5.03 Å². The Labute approximate surface area is 121 Å². The minimum Gasteiger partial charge on any atom is -0.300 e. The Balaban J connectivity index is 2.28. The van der Waals surface area contributed by atoms with Gasteiger partial charge in [0.1, 0.15) is 0 Å². The van der Waals surface area contributed by atoms with Crippen LogP contribution in [-0.2, 0) is 17.1 Å². The van der Waals surface area contributed by atoms with Crippen LogP contribution in [-0.4, -0.2) is 60.1 Å². The van der Waals surface area contributed by atoms with Crippen LogP contribution in [0.15, 0.2) is 17.3 Å². The molecular formula is C13H24N4O2S. The fraction of sp³-hybridized carbons (Fsp3) is 0.769. The van der Waals surface area contributed by atoms with E-state index in [-0.39, 0.29) is 16.5 Å². The van der Waals surface area contributed by atoms with E-state index >= 15 is 0 Å². The Kier molecular flexibility index (Phi) is 3.96. The highest BCUT2D eigenvalue weighted by atomic mass is 32.2. The number of hydrogen-bond acceptors (Lipinski definition) is 4. The third kappa shape index (κ3) is 2.75. The number of piperazine rings is 1. The third-order valence-electron chi connectivity index (χ3n) is 3.99. The maximum Gasteiger partial charge on any atom is 0.260 e. The summed E-state index contributed by atoms with van der Waals surface area (Å²) < 4.78 is 28.4. The van der Waals surface area contributed by atoms with E-state index in [2.05, 4.69) is 37.8 Å². The largest absolute Gasteiger partial charge is 0.300 e. The first-order valence-corrected chi connectivity index (χ1v) is 8.26. The first-order valence-electron chi connectivity index (χ1n) is 6.82. The van der Waals surface area contributed by atoms with Crippen molar-refractivity contribution in [2.75, 3.05) is 26.7 Å². The topological polar surface area (TPSA) is 58.4 Å². The number of likely N-dealkylation sites (N-methyl/N-ethyl adjacent to an activating group) is 1. The summed E-state index contributed by atoms with van der Waals surface area (Å²) in [6, 6.07) is 1.76. The van der Waals surface area contributed by atoms with Gasteiger partial charge in [0.2, 0.25) is 0 Å². The number of aryl methyl sites for hydroxylation is 1. The van der Waals surface area contributed by atoms with Gasteiger partial charge in [-0.05, 0) is 18.5 Å². The minimum atomic E-state index is -3.46. The molecule has 2 heterocycles. The van der Waals surface area contributed by atoms with Crippen LogP contribution in [0.2, 0.25) is 0 Å². The Morgan fingerprint density at radius 3 is 2.40 bits per heavy atom. The smallest absolute Gasteiger partial charge is 0.260 e. The molecule has 1 aliphatic rings. The van der Waals surface area contributed by atoms with E-state index in [0.717, 1.165) is 6.54 Å². The summed E-state index contributed by atoms with van der Waals surface area (Å²) in [7, 11) is 0.258. The Morgan fingerprint density at radius 2 is 1.90 bits per heavy atom. The third-order valence-corrected chi connectivity index (χ3v) is 5.93. The lowest BCUT2D eigenvalue weighted by molar-refractivity contribution is 0.0670. The van der Waals surface area contributed by atoms with Gasteiger partial charge >= 0.3 is 0 Å². The van der Waals surface area contributed by atoms with Crippen molar-refractivity contribution in [3.8, 4) is 0 Å². The van der Waals surface area contributed by atoms with Gasteiger partial charge in [0, 0.05) is 32.7 Å². The highest BCUT2D eigenvalue weighted by molar-refractivity contribution is 7.89. The summed E-state index contributed by atoms with van der Waals surface area (Å²) in [5, 5.41) is 4.22. The molecule has 1 fully saturated rings. The zero-order valence-corrected chi connectivity index (χ0v) is 13.7. The van der Waals surface area contributed by atoms with Gasteiger partial charge in [-0.1, -0.05) is 20.8 Å². The van der Waals surface area contributed by atoms with E-state index in [1.54, 1.807) is 17.4 Å². The molecule has 0 saturated carbocycles. The lowest BCUT2D eigenvalue weighted by Crippen LogP contribution is -2.57. The second-order valence-electron chi connectivity index (χ2n) is 6.52. The van der Waals surface area contributed by atoms with Crippen molar-refractivity contribution in [1.29, 1.82) is 0 Å². The molecule has 0 N–H and O–H groups in total. The predicted octanol–water partition coefficient (Wildman–Crippen LogP) is 0.771. The lowest BCUT2D eigenvalue weighted by atomic mass is 9.85. The Bertz CT molecular complexity index is 573. The van der Waals surface area contributed by atoms with Gasteiger partial charge in [-0.25, -0.2) is 8.42 Å². The first-order chi connectivity index (χ1) is 9.14. The molecule has 0 spiro atoms. The summed E-state index contributed by atoms with van der Waals surface area (Å²) in [4.78, 5) is 2.25. The van der Waals surface area contributed by atoms with Crippen LogP contribution >= 0.6 is 0 Å². The fourth-order valence-corrected chi connectivity index (χ4v) is 4.29. The molecule has 1 saturated heterocycles. The molecule has 20 heavy (non-hydrogen) atoms. The number of sulfonamides is 1. The molecule has 6 nitrogen and oxygen atoms in total. The molecular weight excluding hydrogens is 276 g/mol. The second-order valence-corrected chi connectivity index (χ2v) is 8.40. The highest BCUT2D eigenvalue weighted by Crippen LogP contribution is 2.29. The predicted molar refractivity (Wildman–Crippen MR) is 77.8 cm³/mol. The van der Waals surface area contributed by atoms with Gasteiger partial charge in [0.05, 0.1) is 6.20 Å². The van der Waals surface area contributed by atoms with E-state index in [1.807, 2.05) is 0 Å². The van der Waals surface area contributed by atoms with Crippen molar-refractivity contribution in [2.45, 2.75) is 31.8 Å². The van der Waals surface area contributed by atoms with Gasteiger partial charge in [-0.3, -0.25) is 4.68 Å². The van der Waals surface area contributed by atoms with E-state index in [1.165, 1.54) is 10.9 Å². The monoisotopic (exact) mass is 300 g/mol. The normalized spacial score (nSPS) is 23.1. The first kappa shape index (κ1) is 15.5. The van der Waals surface area contributed by atoms with Crippen LogP contribution in [0.4, 0.5) is 0 Å². The Morgan fingerprint density at radius 1 is 1.25 bits per heavy atom. The van der Waals surface area contributed by atoms with Crippen molar-refractivity contribution in [2.24, 2.45) is 12.5 Å². The SMILES string of the molecule is CN1CCN(S(=O)(=O)c2ccnn2C)CC1C(C)(C)C. The number of rotatable bonds is 2. The average molecular weight is 300 g/mol. The summed E-state index contributed by atoms with van der Waals surface area (Å²) in [6.07, 6.45) is 1.52. The second kappa shape index (κ2) is 5.13. The van der Waals surface area contributed by atoms with Crippen molar-refractivity contribution in [1.82, 2.24) is 19.0 Å². The van der Waals surface area contributed by atoms with E-state index in [0.29, 0.717) is 13.1 Å². The molecule has 1 unspecified atom stereocenters. The van der Waals surface area contributed by atoms with Crippen molar-refractivity contribution < 1.29 is 8.42 Å². The minimum absolute atomic E-state index is 0.0371. The number of hydrogen-bond donors (Lipinski definition) is 0. The summed E-state index contributed by atoms with van der Waals surface area (Å²) in [6.45, 7) is 8.24. The zero-order chi connectivity index (χ0) is 15.1. The van der Waals surface area contributed by atoms with E-state index in [9.17, 15) is 8.42 Å². The van der Waals surface area contributed by atoms with E-state index in [4.69, 9.17) is 0 Å². The number of aromatic nitrogens is 2. The summed E-state index contributed by atoms with van der Waals surface area (Å²) in [5.74, 6) is 0. The van der Waals surface area contributed by atoms with Crippen LogP contribution < -0.4 is 0 Å². The molecule has 2 rings (SSSR count). The van der Waals surface area contributed by atoms with Gasteiger partial charge < -0.3 is 4.90 Å². The Hall–Kier alpha value is -0.920. The molecule has 114 valence electrons. The van der Waals surface area contributed by atoms with Crippen molar-refractivity contribution >= 4 is 10.0 Å². The van der Waals surface area contributed by atoms with Crippen LogP contribution in [0.5, 0.6) is 0 Å². The summed E-state index contributed by atoms with van der Waals surface area (Å²) in [5.41, 5.74) is 0.0371. The van der Waals surface area contributed by atoms with Crippen LogP contribution in [0.25, 0.3) is 0 Å². The molecule has 7 heteroatoms. The lowest BCUT2D eigenvalue weighted by Gasteiger charge is -2.45. The zero-order valence-electron chi connectivity index (χ0n) is 12.9. The van der Waals surface area contributed by atoms with Crippen LogP contribution in [0, 0.1) is 5.41 Å². The van der Waals surface area contributed by atoms with Crippen LogP contribution in [0.3, 0.4) is 0 Å². The van der Waals surface area contributed by atoms with Gasteiger partial charge in [-0.15, -0.1) is 0 Å². The molecule has 1 aromatic heterocycles.